The van der Waals surface area contributed by atoms with Crippen molar-refractivity contribution in [1.29, 1.82) is 0 Å². The van der Waals surface area contributed by atoms with Crippen molar-refractivity contribution in [2.75, 3.05) is 32.1 Å². The number of nitro groups is 1. The molecule has 0 saturated carbocycles. The number of nitro benzene ring substituents is 1. The van der Waals surface area contributed by atoms with Gasteiger partial charge in [-0.15, -0.1) is 0 Å². The van der Waals surface area contributed by atoms with Gasteiger partial charge in [-0.1, -0.05) is 24.3 Å². The van der Waals surface area contributed by atoms with E-state index < -0.39 is 45.7 Å². The third-order valence-corrected chi connectivity index (χ3v) is 6.81. The van der Waals surface area contributed by atoms with E-state index in [1.807, 2.05) is 29.0 Å². The lowest BCUT2D eigenvalue weighted by atomic mass is 9.88. The number of nitrogens with zero attached hydrogens (tertiary/aromatic N) is 2. The topological polar surface area (TPSA) is 148 Å². The van der Waals surface area contributed by atoms with Gasteiger partial charge < -0.3 is 15.0 Å². The minimum absolute atomic E-state index is 0.171. The van der Waals surface area contributed by atoms with Gasteiger partial charge in [-0.25, -0.2) is 8.42 Å². The van der Waals surface area contributed by atoms with Gasteiger partial charge >= 0.3 is 5.97 Å². The average Bonchev–Trinajstić information content (AvgIpc) is 2.81. The Labute approximate surface area is 197 Å². The van der Waals surface area contributed by atoms with Crippen LogP contribution >= 0.6 is 0 Å². The molecule has 1 amide bonds. The summed E-state index contributed by atoms with van der Waals surface area (Å²) in [5, 5.41) is 14.1. The molecule has 0 spiro atoms. The first-order chi connectivity index (χ1) is 16.1. The van der Waals surface area contributed by atoms with Crippen LogP contribution in [-0.4, -0.2) is 52.5 Å². The van der Waals surface area contributed by atoms with Crippen LogP contribution in [-0.2, 0) is 30.8 Å². The second kappa shape index (κ2) is 10.6. The number of fused-ring (bicyclic) bond motifs is 1. The number of carbonyl (C=O) groups excluding carboxylic acids is 2. The number of nitrogens with one attached hydrogen (secondary N) is 2. The van der Waals surface area contributed by atoms with E-state index in [2.05, 4.69) is 5.32 Å². The first-order valence-corrected chi connectivity index (χ1v) is 12.0. The number of hydrogen-bond donors (Lipinski definition) is 2. The van der Waals surface area contributed by atoms with Crippen molar-refractivity contribution in [3.63, 3.8) is 0 Å². The Morgan fingerprint density at radius 1 is 1.21 bits per heavy atom. The molecule has 2 aromatic rings. The van der Waals surface area contributed by atoms with Crippen LogP contribution in [0.1, 0.15) is 30.0 Å². The number of anilines is 1. The Balaban J connectivity index is 1.53. The van der Waals surface area contributed by atoms with Crippen LogP contribution in [0.3, 0.4) is 0 Å². The van der Waals surface area contributed by atoms with Gasteiger partial charge in [0.05, 0.1) is 15.9 Å². The van der Waals surface area contributed by atoms with E-state index >= 15 is 0 Å². The smallest absolute Gasteiger partial charge is 0.321 e. The van der Waals surface area contributed by atoms with Crippen LogP contribution < -0.4 is 14.9 Å². The van der Waals surface area contributed by atoms with Crippen molar-refractivity contribution in [1.82, 2.24) is 10.0 Å². The summed E-state index contributed by atoms with van der Waals surface area (Å²) in [6, 6.07) is 11.1. The fourth-order valence-electron chi connectivity index (χ4n) is 3.77. The predicted octanol–water partition coefficient (Wildman–Crippen LogP) is 1.68. The average molecular weight is 491 g/mol. The van der Waals surface area contributed by atoms with Gasteiger partial charge in [-0.05, 0) is 42.5 Å². The van der Waals surface area contributed by atoms with Crippen molar-refractivity contribution in [3.8, 4) is 0 Å². The van der Waals surface area contributed by atoms with Crippen LogP contribution in [0.25, 0.3) is 0 Å². The van der Waals surface area contributed by atoms with E-state index in [1.54, 1.807) is 14.1 Å². The second-order valence-corrected chi connectivity index (χ2v) is 9.77. The van der Waals surface area contributed by atoms with E-state index in [9.17, 15) is 28.1 Å². The highest BCUT2D eigenvalue weighted by molar-refractivity contribution is 7.89. The van der Waals surface area contributed by atoms with Gasteiger partial charge in [0.15, 0.2) is 6.61 Å². The summed E-state index contributed by atoms with van der Waals surface area (Å²) in [6.07, 6.45) is 2.64. The van der Waals surface area contributed by atoms with Gasteiger partial charge in [0, 0.05) is 20.2 Å². The van der Waals surface area contributed by atoms with Crippen molar-refractivity contribution in [2.24, 2.45) is 0 Å². The molecule has 2 aromatic carbocycles. The van der Waals surface area contributed by atoms with Gasteiger partial charge in [0.2, 0.25) is 10.0 Å². The number of hydrogen-bond acceptors (Lipinski definition) is 8. The molecule has 1 aliphatic carbocycles. The molecule has 12 heteroatoms. The number of aryl methyl sites for hydroxylation is 1. The SMILES string of the molecule is CN(C)c1ccc(S(=O)(=O)NCC(=O)OCC(=O)N[C@@H]2CCCc3ccccc32)cc1[N+](=O)[O-]. The molecule has 0 saturated heterocycles. The summed E-state index contributed by atoms with van der Waals surface area (Å²) < 4.78 is 31.9. The Kier molecular flexibility index (Phi) is 7.84. The molecule has 2 N–H and O–H groups in total. The number of benzene rings is 2. The van der Waals surface area contributed by atoms with E-state index in [4.69, 9.17) is 4.74 Å². The third kappa shape index (κ3) is 6.08. The zero-order valence-corrected chi connectivity index (χ0v) is 19.6. The molecule has 0 heterocycles. The van der Waals surface area contributed by atoms with Crippen molar-refractivity contribution in [2.45, 2.75) is 30.2 Å². The Hall–Kier alpha value is -3.51. The van der Waals surface area contributed by atoms with Crippen molar-refractivity contribution in [3.05, 3.63) is 63.7 Å². The summed E-state index contributed by atoms with van der Waals surface area (Å²) >= 11 is 0. The lowest BCUT2D eigenvalue weighted by Crippen LogP contribution is -2.36. The van der Waals surface area contributed by atoms with Gasteiger partial charge in [-0.3, -0.25) is 19.7 Å². The second-order valence-electron chi connectivity index (χ2n) is 8.00. The normalized spacial score (nSPS) is 15.2. The largest absolute Gasteiger partial charge is 0.455 e. The zero-order chi connectivity index (χ0) is 24.9. The minimum atomic E-state index is -4.22. The number of rotatable bonds is 9. The maximum atomic E-state index is 12.5. The summed E-state index contributed by atoms with van der Waals surface area (Å²) in [4.78, 5) is 35.9. The molecular formula is C22H26N4O7S. The molecule has 1 atom stereocenters. The van der Waals surface area contributed by atoms with Crippen LogP contribution in [0.2, 0.25) is 0 Å². The van der Waals surface area contributed by atoms with Crippen molar-refractivity contribution >= 4 is 33.3 Å². The molecule has 1 aliphatic rings. The van der Waals surface area contributed by atoms with E-state index in [0.717, 1.165) is 30.9 Å². The predicted molar refractivity (Wildman–Crippen MR) is 124 cm³/mol. The molecule has 11 nitrogen and oxygen atoms in total. The first kappa shape index (κ1) is 25.1. The number of esters is 1. The summed E-state index contributed by atoms with van der Waals surface area (Å²) in [7, 11) is -1.04. The molecule has 0 aliphatic heterocycles. The fourth-order valence-corrected chi connectivity index (χ4v) is 4.76. The maximum Gasteiger partial charge on any atom is 0.321 e. The van der Waals surface area contributed by atoms with E-state index in [0.29, 0.717) is 0 Å². The van der Waals surface area contributed by atoms with E-state index in [1.165, 1.54) is 22.6 Å². The van der Waals surface area contributed by atoms with E-state index in [-0.39, 0.29) is 16.6 Å². The first-order valence-electron chi connectivity index (χ1n) is 10.6. The highest BCUT2D eigenvalue weighted by Gasteiger charge is 2.24. The fraction of sp³-hybridized carbons (Fsp3) is 0.364. The molecule has 34 heavy (non-hydrogen) atoms. The monoisotopic (exact) mass is 490 g/mol. The Bertz CT molecular complexity index is 1200. The summed E-state index contributed by atoms with van der Waals surface area (Å²) in [6.45, 7) is -1.28. The number of ether oxygens (including phenoxy) is 1. The lowest BCUT2D eigenvalue weighted by molar-refractivity contribution is -0.384. The number of carbonyl (C=O) groups is 2. The molecule has 182 valence electrons. The van der Waals surface area contributed by atoms with Crippen LogP contribution in [0.5, 0.6) is 0 Å². The zero-order valence-electron chi connectivity index (χ0n) is 18.8. The Morgan fingerprint density at radius 3 is 2.65 bits per heavy atom. The highest BCUT2D eigenvalue weighted by Crippen LogP contribution is 2.30. The van der Waals surface area contributed by atoms with Gasteiger partial charge in [-0.2, -0.15) is 4.72 Å². The van der Waals surface area contributed by atoms with Crippen molar-refractivity contribution < 1.29 is 27.7 Å². The summed E-state index contributed by atoms with van der Waals surface area (Å²) in [5.41, 5.74) is 2.05. The molecule has 0 unspecified atom stereocenters. The number of sulfonamides is 1. The minimum Gasteiger partial charge on any atom is -0.455 e. The van der Waals surface area contributed by atoms with Gasteiger partial charge in [0.1, 0.15) is 12.2 Å². The number of amides is 1. The maximum absolute atomic E-state index is 12.5. The third-order valence-electron chi connectivity index (χ3n) is 5.41. The summed E-state index contributed by atoms with van der Waals surface area (Å²) in [5.74, 6) is -1.45. The molecule has 3 rings (SSSR count). The standard InChI is InChI=1S/C22H26N4O7S/c1-25(2)19-11-10-16(12-20(19)26(29)30)34(31,32)23-13-22(28)33-14-21(27)24-18-9-5-7-15-6-3-4-8-17(15)18/h3-4,6,8,10-12,18,23H,5,7,9,13-14H2,1-2H3,(H,24,27)/t18-/m1/s1. The highest BCUT2D eigenvalue weighted by atomic mass is 32.2. The van der Waals surface area contributed by atoms with Crippen LogP contribution in [0, 0.1) is 10.1 Å². The molecule has 0 fully saturated rings. The van der Waals surface area contributed by atoms with Gasteiger partial charge in [0.25, 0.3) is 11.6 Å². The Morgan fingerprint density at radius 2 is 1.94 bits per heavy atom. The van der Waals surface area contributed by atoms with Crippen LogP contribution in [0.4, 0.5) is 11.4 Å². The quantitative estimate of drug-likeness (QED) is 0.306. The molecule has 0 bridgehead atoms. The molecule has 0 radical (unpaired) electrons. The van der Waals surface area contributed by atoms with Crippen LogP contribution in [0.15, 0.2) is 47.4 Å². The lowest BCUT2D eigenvalue weighted by Gasteiger charge is -2.26. The molecule has 0 aromatic heterocycles. The molecular weight excluding hydrogens is 464 g/mol.